The summed E-state index contributed by atoms with van der Waals surface area (Å²) < 4.78 is 4.98. The lowest BCUT2D eigenvalue weighted by Gasteiger charge is -2.43. The second kappa shape index (κ2) is 4.83. The smallest absolute Gasteiger partial charge is 0.338 e. The van der Waals surface area contributed by atoms with Crippen molar-refractivity contribution in [1.82, 2.24) is 9.88 Å². The molecule has 24 heavy (non-hydrogen) atoms. The van der Waals surface area contributed by atoms with Gasteiger partial charge in [0.05, 0.1) is 12.8 Å². The van der Waals surface area contributed by atoms with Gasteiger partial charge in [-0.2, -0.15) is 0 Å². The number of carbonyl (C=O) groups is 3. The number of carbonyl (C=O) groups excluding carboxylic acids is 2. The second-order valence-electron chi connectivity index (χ2n) is 6.20. The van der Waals surface area contributed by atoms with Gasteiger partial charge in [-0.1, -0.05) is 18.2 Å². The zero-order valence-corrected chi connectivity index (χ0v) is 13.0. The number of aliphatic carboxylic acids is 1. The zero-order chi connectivity index (χ0) is 17.1. The summed E-state index contributed by atoms with van der Waals surface area (Å²) in [5.41, 5.74) is 0.783. The standard InChI is InChI=1S/C17H16N2O5/c1-24-16(23)17-7-6-13(20)19(17)12(15(21)22)8-10-9-4-2-3-5-11(9)18-14(10)17/h2-5,12,18H,6-8H2,1H3,(H,21,22). The minimum absolute atomic E-state index is 0.119. The van der Waals surface area contributed by atoms with Crippen molar-refractivity contribution in [3.05, 3.63) is 35.5 Å². The van der Waals surface area contributed by atoms with Crippen LogP contribution in [0.25, 0.3) is 10.9 Å². The zero-order valence-electron chi connectivity index (χ0n) is 13.0. The lowest BCUT2D eigenvalue weighted by molar-refractivity contribution is -0.167. The molecule has 2 aliphatic rings. The molecule has 1 amide bonds. The minimum Gasteiger partial charge on any atom is -0.480 e. The Morgan fingerprint density at radius 1 is 1.38 bits per heavy atom. The highest BCUT2D eigenvalue weighted by Crippen LogP contribution is 2.48. The van der Waals surface area contributed by atoms with Crippen molar-refractivity contribution >= 4 is 28.7 Å². The van der Waals surface area contributed by atoms with Gasteiger partial charge in [0.2, 0.25) is 5.91 Å². The molecule has 2 N–H and O–H groups in total. The number of esters is 1. The lowest BCUT2D eigenvalue weighted by Crippen LogP contribution is -2.60. The van der Waals surface area contributed by atoms with E-state index in [0.29, 0.717) is 5.69 Å². The molecule has 2 unspecified atom stereocenters. The maximum atomic E-state index is 12.7. The number of carboxylic acids is 1. The van der Waals surface area contributed by atoms with Crippen LogP contribution in [-0.4, -0.2) is 46.0 Å². The van der Waals surface area contributed by atoms with Gasteiger partial charge in [0.15, 0.2) is 5.54 Å². The van der Waals surface area contributed by atoms with Gasteiger partial charge in [-0.05, 0) is 18.1 Å². The van der Waals surface area contributed by atoms with E-state index in [-0.39, 0.29) is 25.2 Å². The summed E-state index contributed by atoms with van der Waals surface area (Å²) in [6.07, 6.45) is 0.495. The number of benzene rings is 1. The number of carboxylic acid groups (broad SMARTS) is 1. The van der Waals surface area contributed by atoms with Crippen LogP contribution in [0.5, 0.6) is 0 Å². The monoisotopic (exact) mass is 328 g/mol. The minimum atomic E-state index is -1.39. The van der Waals surface area contributed by atoms with Gasteiger partial charge in [0.25, 0.3) is 0 Å². The van der Waals surface area contributed by atoms with E-state index in [4.69, 9.17) is 4.74 Å². The number of ether oxygens (including phenoxy) is 1. The topological polar surface area (TPSA) is 99.7 Å². The molecule has 3 heterocycles. The van der Waals surface area contributed by atoms with E-state index in [1.165, 1.54) is 12.0 Å². The number of hydrogen-bond acceptors (Lipinski definition) is 4. The highest BCUT2D eigenvalue weighted by Gasteiger charge is 2.61. The molecule has 0 spiro atoms. The first-order valence-corrected chi connectivity index (χ1v) is 7.74. The molecule has 1 aromatic carbocycles. The molecule has 124 valence electrons. The van der Waals surface area contributed by atoms with Crippen molar-refractivity contribution in [3.63, 3.8) is 0 Å². The van der Waals surface area contributed by atoms with Crippen LogP contribution in [0, 0.1) is 0 Å². The largest absolute Gasteiger partial charge is 0.480 e. The van der Waals surface area contributed by atoms with Gasteiger partial charge in [-0.15, -0.1) is 0 Å². The molecule has 7 heteroatoms. The Morgan fingerprint density at radius 3 is 2.83 bits per heavy atom. The first-order chi connectivity index (χ1) is 11.5. The van der Waals surface area contributed by atoms with Crippen LogP contribution in [0.1, 0.15) is 24.1 Å². The molecule has 0 saturated carbocycles. The molecule has 2 aliphatic heterocycles. The molecule has 1 aromatic heterocycles. The number of aromatic nitrogens is 1. The number of H-pyrrole nitrogens is 1. The third-order valence-electron chi connectivity index (χ3n) is 5.13. The molecule has 1 saturated heterocycles. The number of rotatable bonds is 2. The van der Waals surface area contributed by atoms with Gasteiger partial charge in [-0.25, -0.2) is 9.59 Å². The fourth-order valence-electron chi connectivity index (χ4n) is 4.15. The van der Waals surface area contributed by atoms with Crippen molar-refractivity contribution in [2.45, 2.75) is 30.8 Å². The summed E-state index contributed by atoms with van der Waals surface area (Å²) in [5, 5.41) is 10.5. The van der Waals surface area contributed by atoms with Crippen LogP contribution in [-0.2, 0) is 31.1 Å². The predicted octanol–water partition coefficient (Wildman–Crippen LogP) is 1.17. The molecule has 2 atom stereocenters. The van der Waals surface area contributed by atoms with Gasteiger partial charge in [-0.3, -0.25) is 4.79 Å². The van der Waals surface area contributed by atoms with Gasteiger partial charge in [0, 0.05) is 23.7 Å². The van der Waals surface area contributed by atoms with Crippen molar-refractivity contribution < 1.29 is 24.2 Å². The molecular formula is C17H16N2O5. The lowest BCUT2D eigenvalue weighted by atomic mass is 9.81. The number of amides is 1. The highest BCUT2D eigenvalue weighted by atomic mass is 16.5. The Balaban J connectivity index is 2.06. The Kier molecular flexibility index (Phi) is 2.97. The summed E-state index contributed by atoms with van der Waals surface area (Å²) in [7, 11) is 1.25. The summed E-state index contributed by atoms with van der Waals surface area (Å²) >= 11 is 0. The van der Waals surface area contributed by atoms with Crippen molar-refractivity contribution in [1.29, 1.82) is 0 Å². The highest BCUT2D eigenvalue weighted by molar-refractivity contribution is 5.99. The van der Waals surface area contributed by atoms with E-state index in [0.717, 1.165) is 16.5 Å². The van der Waals surface area contributed by atoms with Crippen LogP contribution in [0.3, 0.4) is 0 Å². The molecule has 1 fully saturated rings. The molecular weight excluding hydrogens is 312 g/mol. The van der Waals surface area contributed by atoms with E-state index < -0.39 is 23.5 Å². The molecule has 4 rings (SSSR count). The van der Waals surface area contributed by atoms with Crippen molar-refractivity contribution in [2.24, 2.45) is 0 Å². The number of nitrogens with one attached hydrogen (secondary N) is 1. The normalized spacial score (nSPS) is 25.5. The average molecular weight is 328 g/mol. The third kappa shape index (κ3) is 1.64. The number of hydrogen-bond donors (Lipinski definition) is 2. The van der Waals surface area contributed by atoms with Crippen LogP contribution >= 0.6 is 0 Å². The fraction of sp³-hybridized carbons (Fsp3) is 0.353. The Hall–Kier alpha value is -2.83. The van der Waals surface area contributed by atoms with Gasteiger partial charge < -0.3 is 19.7 Å². The van der Waals surface area contributed by atoms with Crippen LogP contribution in [0.2, 0.25) is 0 Å². The summed E-state index contributed by atoms with van der Waals surface area (Å²) in [4.78, 5) is 41.4. The first-order valence-electron chi connectivity index (χ1n) is 7.74. The molecule has 0 bridgehead atoms. The van der Waals surface area contributed by atoms with E-state index in [9.17, 15) is 19.5 Å². The van der Waals surface area contributed by atoms with Crippen LogP contribution in [0.4, 0.5) is 0 Å². The molecule has 0 radical (unpaired) electrons. The van der Waals surface area contributed by atoms with E-state index >= 15 is 0 Å². The van der Waals surface area contributed by atoms with Crippen LogP contribution < -0.4 is 0 Å². The Bertz CT molecular complexity index is 886. The Labute approximate surface area is 137 Å². The molecule has 7 nitrogen and oxygen atoms in total. The SMILES string of the molecule is COC(=O)C12CCC(=O)N1C(C(=O)O)Cc1c2[nH]c2ccccc12. The predicted molar refractivity (Wildman–Crippen MR) is 83.2 cm³/mol. The molecule has 2 aromatic rings. The Morgan fingerprint density at radius 2 is 2.12 bits per heavy atom. The van der Waals surface area contributed by atoms with Crippen molar-refractivity contribution in [3.8, 4) is 0 Å². The van der Waals surface area contributed by atoms with E-state index in [2.05, 4.69) is 4.98 Å². The number of methoxy groups -OCH3 is 1. The second-order valence-corrected chi connectivity index (χ2v) is 6.20. The number of nitrogens with zero attached hydrogens (tertiary/aromatic N) is 1. The number of fused-ring (bicyclic) bond motifs is 5. The van der Waals surface area contributed by atoms with Gasteiger partial charge in [0.1, 0.15) is 6.04 Å². The average Bonchev–Trinajstić information content (AvgIpc) is 3.12. The summed E-state index contributed by atoms with van der Waals surface area (Å²) in [6, 6.07) is 6.41. The van der Waals surface area contributed by atoms with Crippen molar-refractivity contribution in [2.75, 3.05) is 7.11 Å². The van der Waals surface area contributed by atoms with E-state index in [1.807, 2.05) is 24.3 Å². The number of para-hydroxylation sites is 1. The van der Waals surface area contributed by atoms with Gasteiger partial charge >= 0.3 is 11.9 Å². The summed E-state index contributed by atoms with van der Waals surface area (Å²) in [5.74, 6) is -2.06. The molecule has 0 aliphatic carbocycles. The fourth-order valence-corrected chi connectivity index (χ4v) is 4.15. The number of aromatic amines is 1. The maximum Gasteiger partial charge on any atom is 0.338 e. The first kappa shape index (κ1) is 14.7. The quantitative estimate of drug-likeness (QED) is 0.806. The summed E-state index contributed by atoms with van der Waals surface area (Å²) in [6.45, 7) is 0. The maximum absolute atomic E-state index is 12.7. The van der Waals surface area contributed by atoms with Crippen LogP contribution in [0.15, 0.2) is 24.3 Å². The third-order valence-corrected chi connectivity index (χ3v) is 5.13. The van der Waals surface area contributed by atoms with E-state index in [1.54, 1.807) is 0 Å².